The minimum atomic E-state index is -0.763. The zero-order valence-electron chi connectivity index (χ0n) is 20.7. The van der Waals surface area contributed by atoms with Crippen molar-refractivity contribution in [2.45, 2.75) is 51.1 Å². The van der Waals surface area contributed by atoms with Crippen molar-refractivity contribution in [3.05, 3.63) is 83.9 Å². The van der Waals surface area contributed by atoms with Crippen LogP contribution in [0.1, 0.15) is 54.4 Å². The summed E-state index contributed by atoms with van der Waals surface area (Å²) in [4.78, 5) is 26.1. The Labute approximate surface area is 212 Å². The molecule has 3 aromatic rings. The zero-order valence-corrected chi connectivity index (χ0v) is 20.7. The average Bonchev–Trinajstić information content (AvgIpc) is 3.75. The minimum absolute atomic E-state index is 0.0209. The number of amides is 1. The highest BCUT2D eigenvalue weighted by Gasteiger charge is 2.33. The monoisotopic (exact) mass is 487 g/mol. The van der Waals surface area contributed by atoms with E-state index in [2.05, 4.69) is 0 Å². The molecule has 188 valence electrons. The molecule has 1 N–H and O–H groups in total. The predicted octanol–water partition coefficient (Wildman–Crippen LogP) is 6.19. The molecule has 1 amide bonds. The van der Waals surface area contributed by atoms with Gasteiger partial charge in [-0.25, -0.2) is 0 Å². The fraction of sp³-hybridized carbons (Fsp3) is 0.333. The third kappa shape index (κ3) is 6.66. The molecule has 6 heteroatoms. The maximum Gasteiger partial charge on any atom is 0.303 e. The standard InChI is InChI=1S/C30H33NO5/c1-35-28-12-7-5-10-26(28)22-14-16-23(17-15-22)30(34)31(25-18-19-25)21-24-9-4-6-11-27(24)36-20-8-2-3-13-29(32)33/h4-7,9-12,14-17,25H,2-3,8,13,18-21H2,1H3,(H,32,33). The second kappa shape index (κ2) is 12.2. The van der Waals surface area contributed by atoms with Crippen LogP contribution in [0.15, 0.2) is 72.8 Å². The van der Waals surface area contributed by atoms with Crippen LogP contribution in [0.3, 0.4) is 0 Å². The van der Waals surface area contributed by atoms with Gasteiger partial charge in [0.25, 0.3) is 5.91 Å². The molecule has 0 spiro atoms. The van der Waals surface area contributed by atoms with Gasteiger partial charge in [0.2, 0.25) is 0 Å². The fourth-order valence-electron chi connectivity index (χ4n) is 4.29. The van der Waals surface area contributed by atoms with Crippen molar-refractivity contribution in [3.63, 3.8) is 0 Å². The molecule has 6 nitrogen and oxygen atoms in total. The molecule has 1 aliphatic carbocycles. The van der Waals surface area contributed by atoms with Crippen molar-refractivity contribution in [2.75, 3.05) is 13.7 Å². The lowest BCUT2D eigenvalue weighted by atomic mass is 10.0. The molecular formula is C30H33NO5. The predicted molar refractivity (Wildman–Crippen MR) is 139 cm³/mol. The fourth-order valence-corrected chi connectivity index (χ4v) is 4.29. The van der Waals surface area contributed by atoms with Gasteiger partial charge < -0.3 is 19.5 Å². The Kier molecular flexibility index (Phi) is 8.61. The van der Waals surface area contributed by atoms with Crippen LogP contribution in [-0.2, 0) is 11.3 Å². The number of unbranched alkanes of at least 4 members (excludes halogenated alkanes) is 2. The summed E-state index contributed by atoms with van der Waals surface area (Å²) in [6.45, 7) is 1.02. The second-order valence-corrected chi connectivity index (χ2v) is 9.10. The van der Waals surface area contributed by atoms with E-state index in [9.17, 15) is 9.59 Å². The first-order valence-corrected chi connectivity index (χ1v) is 12.5. The van der Waals surface area contributed by atoms with Crippen molar-refractivity contribution >= 4 is 11.9 Å². The highest BCUT2D eigenvalue weighted by Crippen LogP contribution is 2.33. The molecule has 36 heavy (non-hydrogen) atoms. The number of ether oxygens (including phenoxy) is 2. The topological polar surface area (TPSA) is 76.1 Å². The van der Waals surface area contributed by atoms with Crippen LogP contribution >= 0.6 is 0 Å². The Morgan fingerprint density at radius 2 is 1.58 bits per heavy atom. The molecule has 1 aliphatic rings. The van der Waals surface area contributed by atoms with Crippen molar-refractivity contribution < 1.29 is 24.2 Å². The lowest BCUT2D eigenvalue weighted by Crippen LogP contribution is -2.32. The van der Waals surface area contributed by atoms with Crippen molar-refractivity contribution in [3.8, 4) is 22.6 Å². The number of carbonyl (C=O) groups excluding carboxylic acids is 1. The highest BCUT2D eigenvalue weighted by atomic mass is 16.5. The van der Waals surface area contributed by atoms with Gasteiger partial charge in [0.1, 0.15) is 11.5 Å². The summed E-state index contributed by atoms with van der Waals surface area (Å²) in [5.74, 6) is 0.837. The summed E-state index contributed by atoms with van der Waals surface area (Å²) in [6.07, 6.45) is 4.47. The molecule has 0 radical (unpaired) electrons. The summed E-state index contributed by atoms with van der Waals surface area (Å²) in [6, 6.07) is 23.7. The van der Waals surface area contributed by atoms with Gasteiger partial charge in [0.05, 0.1) is 13.7 Å². The van der Waals surface area contributed by atoms with Crippen LogP contribution in [0.25, 0.3) is 11.1 Å². The number of hydrogen-bond donors (Lipinski definition) is 1. The van der Waals surface area contributed by atoms with E-state index in [1.807, 2.05) is 77.7 Å². The quantitative estimate of drug-likeness (QED) is 0.291. The molecule has 0 atom stereocenters. The molecule has 0 bridgehead atoms. The summed E-state index contributed by atoms with van der Waals surface area (Å²) in [5, 5.41) is 8.76. The summed E-state index contributed by atoms with van der Waals surface area (Å²) in [7, 11) is 1.66. The number of hydrogen-bond acceptors (Lipinski definition) is 4. The smallest absolute Gasteiger partial charge is 0.303 e. The maximum atomic E-state index is 13.5. The van der Waals surface area contributed by atoms with E-state index in [4.69, 9.17) is 14.6 Å². The number of carboxylic acid groups (broad SMARTS) is 1. The SMILES string of the molecule is COc1ccccc1-c1ccc(C(=O)N(Cc2ccccc2OCCCCCC(=O)O)C2CC2)cc1. The lowest BCUT2D eigenvalue weighted by Gasteiger charge is -2.24. The molecule has 0 aromatic heterocycles. The number of carbonyl (C=O) groups is 2. The van der Waals surface area contributed by atoms with E-state index in [1.54, 1.807) is 7.11 Å². The van der Waals surface area contributed by atoms with Crippen molar-refractivity contribution in [2.24, 2.45) is 0 Å². The Hall–Kier alpha value is -3.80. The van der Waals surface area contributed by atoms with Crippen LogP contribution in [0.2, 0.25) is 0 Å². The highest BCUT2D eigenvalue weighted by molar-refractivity contribution is 5.95. The molecule has 0 aliphatic heterocycles. The minimum Gasteiger partial charge on any atom is -0.496 e. The Bertz CT molecular complexity index is 1170. The molecule has 1 saturated carbocycles. The lowest BCUT2D eigenvalue weighted by molar-refractivity contribution is -0.137. The first-order chi connectivity index (χ1) is 17.6. The number of para-hydroxylation sites is 2. The number of carboxylic acids is 1. The van der Waals surface area contributed by atoms with E-state index >= 15 is 0 Å². The average molecular weight is 488 g/mol. The number of aliphatic carboxylic acids is 1. The van der Waals surface area contributed by atoms with Gasteiger partial charge in [-0.3, -0.25) is 9.59 Å². The number of rotatable bonds is 13. The number of benzene rings is 3. The molecule has 0 saturated heterocycles. The first-order valence-electron chi connectivity index (χ1n) is 12.5. The second-order valence-electron chi connectivity index (χ2n) is 9.10. The third-order valence-corrected chi connectivity index (χ3v) is 6.40. The van der Waals surface area contributed by atoms with E-state index in [-0.39, 0.29) is 18.4 Å². The summed E-state index contributed by atoms with van der Waals surface area (Å²) >= 11 is 0. The Morgan fingerprint density at radius 3 is 2.28 bits per heavy atom. The zero-order chi connectivity index (χ0) is 25.3. The van der Waals surface area contributed by atoms with Gasteiger partial charge in [-0.2, -0.15) is 0 Å². The first kappa shape index (κ1) is 25.3. The van der Waals surface area contributed by atoms with Gasteiger partial charge >= 0.3 is 5.97 Å². The van der Waals surface area contributed by atoms with Crippen LogP contribution in [-0.4, -0.2) is 41.6 Å². The Morgan fingerprint density at radius 1 is 0.889 bits per heavy atom. The van der Waals surface area contributed by atoms with Gasteiger partial charge in [0.15, 0.2) is 0 Å². The van der Waals surface area contributed by atoms with Crippen molar-refractivity contribution in [1.29, 1.82) is 0 Å². The third-order valence-electron chi connectivity index (χ3n) is 6.40. The number of methoxy groups -OCH3 is 1. The van der Waals surface area contributed by atoms with Crippen LogP contribution in [0.4, 0.5) is 0 Å². The van der Waals surface area contributed by atoms with E-state index < -0.39 is 5.97 Å². The van der Waals surface area contributed by atoms with Gasteiger partial charge in [-0.05, 0) is 61.9 Å². The van der Waals surface area contributed by atoms with Crippen molar-refractivity contribution in [1.82, 2.24) is 4.90 Å². The van der Waals surface area contributed by atoms with Crippen LogP contribution in [0.5, 0.6) is 11.5 Å². The molecule has 0 heterocycles. The van der Waals surface area contributed by atoms with Gasteiger partial charge in [-0.15, -0.1) is 0 Å². The summed E-state index contributed by atoms with van der Waals surface area (Å²) in [5.41, 5.74) is 3.64. The normalized spacial score (nSPS) is 12.7. The van der Waals surface area contributed by atoms with Gasteiger partial charge in [-0.1, -0.05) is 48.5 Å². The van der Waals surface area contributed by atoms with Gasteiger partial charge in [0, 0.05) is 35.7 Å². The largest absolute Gasteiger partial charge is 0.496 e. The van der Waals surface area contributed by atoms with Crippen LogP contribution < -0.4 is 9.47 Å². The van der Waals surface area contributed by atoms with E-state index in [0.29, 0.717) is 25.1 Å². The summed E-state index contributed by atoms with van der Waals surface area (Å²) < 4.78 is 11.5. The molecular weight excluding hydrogens is 454 g/mol. The Balaban J connectivity index is 1.42. The molecule has 4 rings (SSSR count). The molecule has 0 unspecified atom stereocenters. The molecule has 3 aromatic carbocycles. The maximum absolute atomic E-state index is 13.5. The van der Waals surface area contributed by atoms with Crippen LogP contribution in [0, 0.1) is 0 Å². The number of nitrogens with zero attached hydrogens (tertiary/aromatic N) is 1. The van der Waals surface area contributed by atoms with E-state index in [0.717, 1.165) is 53.9 Å². The molecule has 1 fully saturated rings. The van der Waals surface area contributed by atoms with E-state index in [1.165, 1.54) is 0 Å².